The van der Waals surface area contributed by atoms with Crippen LogP contribution in [0.5, 0.6) is 0 Å². The van der Waals surface area contributed by atoms with Gasteiger partial charge in [-0.15, -0.1) is 0 Å². The van der Waals surface area contributed by atoms with Crippen LogP contribution in [0.25, 0.3) is 0 Å². The van der Waals surface area contributed by atoms with E-state index >= 15 is 0 Å². The van der Waals surface area contributed by atoms with Gasteiger partial charge in [0, 0.05) is 18.9 Å². The monoisotopic (exact) mass is 314 g/mol. The number of hydrogen-bond acceptors (Lipinski definition) is 4. The molecule has 0 spiro atoms. The van der Waals surface area contributed by atoms with Gasteiger partial charge in [-0.25, -0.2) is 4.79 Å². The molecule has 1 fully saturated rings. The first-order valence-electron chi connectivity index (χ1n) is 7.96. The van der Waals surface area contributed by atoms with Crippen LogP contribution in [0.3, 0.4) is 0 Å². The summed E-state index contributed by atoms with van der Waals surface area (Å²) in [7, 11) is 0. The van der Waals surface area contributed by atoms with Crippen LogP contribution in [0.1, 0.15) is 44.6 Å². The van der Waals surface area contributed by atoms with Gasteiger partial charge >= 0.3 is 5.97 Å². The summed E-state index contributed by atoms with van der Waals surface area (Å²) >= 11 is 0. The highest BCUT2D eigenvalue weighted by molar-refractivity contribution is 6.08. The van der Waals surface area contributed by atoms with Crippen LogP contribution in [-0.4, -0.2) is 17.5 Å². The average molecular weight is 314 g/mol. The Balaban J connectivity index is 1.76. The van der Waals surface area contributed by atoms with Crippen LogP contribution in [0.2, 0.25) is 0 Å². The predicted molar refractivity (Wildman–Crippen MR) is 86.6 cm³/mol. The summed E-state index contributed by atoms with van der Waals surface area (Å²) in [6.07, 6.45) is 5.62. The van der Waals surface area contributed by atoms with Crippen molar-refractivity contribution in [2.45, 2.75) is 45.6 Å². The lowest BCUT2D eigenvalue weighted by atomic mass is 9.71. The Kier molecular flexibility index (Phi) is 5.85. The molecule has 0 aromatic heterocycles. The number of esters is 1. The van der Waals surface area contributed by atoms with Gasteiger partial charge in [0.1, 0.15) is 18.2 Å². The number of hydrogen-bond donors (Lipinski definition) is 0. The molecule has 122 valence electrons. The Morgan fingerprint density at radius 3 is 2.48 bits per heavy atom. The summed E-state index contributed by atoms with van der Waals surface area (Å²) in [5.74, 6) is -0.372. The van der Waals surface area contributed by atoms with Gasteiger partial charge in [-0.05, 0) is 31.7 Å². The number of allylic oxidation sites excluding steroid dienone is 1. The zero-order valence-corrected chi connectivity index (χ0v) is 13.4. The maximum absolute atomic E-state index is 12.0. The molecule has 4 heteroatoms. The van der Waals surface area contributed by atoms with Gasteiger partial charge in [-0.2, -0.15) is 0 Å². The topological polar surface area (TPSA) is 60.4 Å². The van der Waals surface area contributed by atoms with Crippen molar-refractivity contribution >= 4 is 17.5 Å². The van der Waals surface area contributed by atoms with E-state index in [-0.39, 0.29) is 18.2 Å². The summed E-state index contributed by atoms with van der Waals surface area (Å²) < 4.78 is 5.13. The second-order valence-corrected chi connectivity index (χ2v) is 6.07. The quantitative estimate of drug-likeness (QED) is 0.459. The van der Waals surface area contributed by atoms with Crippen LogP contribution < -0.4 is 0 Å². The standard InChI is InChI=1S/C19H22O4/c1-19(16(20)10-7-11-17(19)21)13-6-5-12-18(22)23-14-15-8-3-2-4-9-15/h2-5,8-9,12H,6-7,10-11,13-14H2,1H3/b12-5+. The molecule has 1 saturated carbocycles. The number of benzene rings is 1. The maximum Gasteiger partial charge on any atom is 0.330 e. The van der Waals surface area contributed by atoms with E-state index in [1.807, 2.05) is 30.3 Å². The third kappa shape index (κ3) is 4.62. The SMILES string of the molecule is CC1(CC/C=C/C(=O)OCc2ccccc2)C(=O)CCCC1=O. The van der Waals surface area contributed by atoms with Crippen molar-refractivity contribution in [2.75, 3.05) is 0 Å². The fourth-order valence-electron chi connectivity index (χ4n) is 2.72. The predicted octanol–water partition coefficient (Wildman–Crippen LogP) is 3.39. The fraction of sp³-hybridized carbons (Fsp3) is 0.421. The lowest BCUT2D eigenvalue weighted by Crippen LogP contribution is -2.39. The van der Waals surface area contributed by atoms with Gasteiger partial charge < -0.3 is 4.74 Å². The van der Waals surface area contributed by atoms with E-state index in [0.29, 0.717) is 32.1 Å². The van der Waals surface area contributed by atoms with E-state index in [0.717, 1.165) is 5.56 Å². The van der Waals surface area contributed by atoms with E-state index in [1.54, 1.807) is 13.0 Å². The Hall–Kier alpha value is -2.23. The number of carbonyl (C=O) groups excluding carboxylic acids is 3. The largest absolute Gasteiger partial charge is 0.458 e. The molecule has 0 aliphatic heterocycles. The van der Waals surface area contributed by atoms with E-state index in [2.05, 4.69) is 0 Å². The summed E-state index contributed by atoms with van der Waals surface area (Å²) in [5, 5.41) is 0. The molecule has 2 rings (SSSR count). The van der Waals surface area contributed by atoms with Crippen LogP contribution in [0.4, 0.5) is 0 Å². The minimum atomic E-state index is -0.878. The second kappa shape index (κ2) is 7.86. The molecule has 0 heterocycles. The van der Waals surface area contributed by atoms with Gasteiger partial charge in [0.25, 0.3) is 0 Å². The van der Waals surface area contributed by atoms with Crippen molar-refractivity contribution in [1.82, 2.24) is 0 Å². The summed E-state index contributed by atoms with van der Waals surface area (Å²) in [5.41, 5.74) is 0.0523. The van der Waals surface area contributed by atoms with Crippen molar-refractivity contribution in [2.24, 2.45) is 5.41 Å². The Labute approximate surface area is 136 Å². The molecule has 0 unspecified atom stereocenters. The summed E-state index contributed by atoms with van der Waals surface area (Å²) in [4.78, 5) is 35.6. The van der Waals surface area contributed by atoms with Gasteiger partial charge in [-0.3, -0.25) is 9.59 Å². The zero-order chi connectivity index (χ0) is 16.7. The molecule has 1 aliphatic rings. The van der Waals surface area contributed by atoms with E-state index < -0.39 is 11.4 Å². The zero-order valence-electron chi connectivity index (χ0n) is 13.4. The van der Waals surface area contributed by atoms with Crippen LogP contribution in [0, 0.1) is 5.41 Å². The van der Waals surface area contributed by atoms with Crippen LogP contribution >= 0.6 is 0 Å². The molecule has 1 aliphatic carbocycles. The highest BCUT2D eigenvalue weighted by Gasteiger charge is 2.41. The number of carbonyl (C=O) groups is 3. The molecule has 4 nitrogen and oxygen atoms in total. The number of Topliss-reactive ketones (excluding diaryl/α,β-unsaturated/α-hetero) is 2. The molecule has 1 aromatic carbocycles. The van der Waals surface area contributed by atoms with Gasteiger partial charge in [0.05, 0.1) is 5.41 Å². The van der Waals surface area contributed by atoms with Crippen molar-refractivity contribution in [3.05, 3.63) is 48.0 Å². The molecule has 0 bridgehead atoms. The van der Waals surface area contributed by atoms with Gasteiger partial charge in [-0.1, -0.05) is 36.4 Å². The molecule has 0 radical (unpaired) electrons. The number of ether oxygens (including phenoxy) is 1. The molecule has 1 aromatic rings. The van der Waals surface area contributed by atoms with Crippen molar-refractivity contribution in [3.63, 3.8) is 0 Å². The Morgan fingerprint density at radius 1 is 1.17 bits per heavy atom. The maximum atomic E-state index is 12.0. The van der Waals surface area contributed by atoms with Crippen LogP contribution in [0.15, 0.2) is 42.5 Å². The molecule has 0 saturated heterocycles. The smallest absolute Gasteiger partial charge is 0.330 e. The Bertz CT molecular complexity index is 585. The normalized spacial score (nSPS) is 17.4. The lowest BCUT2D eigenvalue weighted by molar-refractivity contribution is -0.143. The third-order valence-corrected chi connectivity index (χ3v) is 4.33. The second-order valence-electron chi connectivity index (χ2n) is 6.07. The highest BCUT2D eigenvalue weighted by atomic mass is 16.5. The number of ketones is 2. The molecule has 0 N–H and O–H groups in total. The minimum Gasteiger partial charge on any atom is -0.458 e. The van der Waals surface area contributed by atoms with Crippen molar-refractivity contribution < 1.29 is 19.1 Å². The molecular weight excluding hydrogens is 292 g/mol. The molecular formula is C19H22O4. The minimum absolute atomic E-state index is 0.0220. The Morgan fingerprint density at radius 2 is 1.83 bits per heavy atom. The van der Waals surface area contributed by atoms with Crippen molar-refractivity contribution in [3.8, 4) is 0 Å². The lowest BCUT2D eigenvalue weighted by Gasteiger charge is -2.29. The first kappa shape index (κ1) is 17.1. The van der Waals surface area contributed by atoms with E-state index in [1.165, 1.54) is 6.08 Å². The number of rotatable bonds is 6. The van der Waals surface area contributed by atoms with Crippen molar-refractivity contribution in [1.29, 1.82) is 0 Å². The molecule has 0 atom stereocenters. The summed E-state index contributed by atoms with van der Waals surface area (Å²) in [6, 6.07) is 9.45. The first-order chi connectivity index (χ1) is 11.0. The van der Waals surface area contributed by atoms with E-state index in [9.17, 15) is 14.4 Å². The van der Waals surface area contributed by atoms with Gasteiger partial charge in [0.2, 0.25) is 0 Å². The molecule has 0 amide bonds. The first-order valence-corrected chi connectivity index (χ1v) is 7.96. The van der Waals surface area contributed by atoms with Gasteiger partial charge in [0.15, 0.2) is 0 Å². The summed E-state index contributed by atoms with van der Waals surface area (Å²) in [6.45, 7) is 1.96. The highest BCUT2D eigenvalue weighted by Crippen LogP contribution is 2.34. The average Bonchev–Trinajstić information content (AvgIpc) is 2.56. The fourth-order valence-corrected chi connectivity index (χ4v) is 2.72. The van der Waals surface area contributed by atoms with Crippen LogP contribution in [-0.2, 0) is 25.7 Å². The molecule has 23 heavy (non-hydrogen) atoms. The van der Waals surface area contributed by atoms with E-state index in [4.69, 9.17) is 4.74 Å². The third-order valence-electron chi connectivity index (χ3n) is 4.33.